The van der Waals surface area contributed by atoms with Crippen molar-refractivity contribution in [2.45, 2.75) is 37.9 Å². The van der Waals surface area contributed by atoms with E-state index in [2.05, 4.69) is 0 Å². The largest absolute Gasteiger partial charge is 0.487 e. The van der Waals surface area contributed by atoms with E-state index in [9.17, 15) is 4.39 Å². The van der Waals surface area contributed by atoms with Crippen molar-refractivity contribution < 1.29 is 18.6 Å². The van der Waals surface area contributed by atoms with Gasteiger partial charge in [0, 0.05) is 25.9 Å². The molecule has 104 valence electrons. The molecule has 1 spiro atoms. The number of hydrogen-bond donors (Lipinski definition) is 0. The molecule has 0 aliphatic carbocycles. The molecule has 0 amide bonds. The second kappa shape index (κ2) is 5.10. The average Bonchev–Trinajstić information content (AvgIpc) is 2.82. The van der Waals surface area contributed by atoms with E-state index in [1.165, 1.54) is 6.07 Å². The summed E-state index contributed by atoms with van der Waals surface area (Å²) in [5.41, 5.74) is 0.797. The second-order valence-corrected chi connectivity index (χ2v) is 5.50. The Bertz CT molecular complexity index is 455. The summed E-state index contributed by atoms with van der Waals surface area (Å²) < 4.78 is 30.8. The Morgan fingerprint density at radius 2 is 2.26 bits per heavy atom. The minimum Gasteiger partial charge on any atom is -0.487 e. The van der Waals surface area contributed by atoms with E-state index in [4.69, 9.17) is 14.2 Å². The van der Waals surface area contributed by atoms with E-state index < -0.39 is 0 Å². The van der Waals surface area contributed by atoms with Gasteiger partial charge in [0.05, 0.1) is 18.8 Å². The molecular weight excluding hydrogens is 247 g/mol. The second-order valence-electron chi connectivity index (χ2n) is 5.50. The molecule has 2 aliphatic rings. The van der Waals surface area contributed by atoms with Crippen molar-refractivity contribution in [2.75, 3.05) is 19.8 Å². The lowest BCUT2D eigenvalue weighted by molar-refractivity contribution is -0.112. The van der Waals surface area contributed by atoms with Crippen LogP contribution in [0, 0.1) is 12.7 Å². The lowest BCUT2D eigenvalue weighted by Gasteiger charge is -2.37. The number of ether oxygens (including phenoxy) is 3. The van der Waals surface area contributed by atoms with Crippen LogP contribution in [0.2, 0.25) is 0 Å². The maximum Gasteiger partial charge on any atom is 0.165 e. The summed E-state index contributed by atoms with van der Waals surface area (Å²) in [7, 11) is 0. The predicted octanol–water partition coefficient (Wildman–Crippen LogP) is 2.85. The lowest BCUT2D eigenvalue weighted by Crippen LogP contribution is -2.44. The molecule has 2 saturated heterocycles. The Morgan fingerprint density at radius 3 is 3.05 bits per heavy atom. The number of benzene rings is 1. The zero-order chi connectivity index (χ0) is 13.3. The van der Waals surface area contributed by atoms with Crippen molar-refractivity contribution in [1.82, 2.24) is 0 Å². The number of hydrogen-bond acceptors (Lipinski definition) is 3. The van der Waals surface area contributed by atoms with Crippen LogP contribution in [0.3, 0.4) is 0 Å². The van der Waals surface area contributed by atoms with E-state index in [1.807, 2.05) is 6.92 Å². The average molecular weight is 266 g/mol. The predicted molar refractivity (Wildman–Crippen MR) is 68.9 cm³/mol. The van der Waals surface area contributed by atoms with Crippen molar-refractivity contribution in [3.8, 4) is 5.75 Å². The first-order chi connectivity index (χ1) is 9.17. The van der Waals surface area contributed by atoms with Gasteiger partial charge in [-0.05, 0) is 24.6 Å². The highest BCUT2D eigenvalue weighted by atomic mass is 19.1. The summed E-state index contributed by atoms with van der Waals surface area (Å²) in [6, 6.07) is 4.96. The van der Waals surface area contributed by atoms with Gasteiger partial charge in [-0.1, -0.05) is 6.07 Å². The van der Waals surface area contributed by atoms with Gasteiger partial charge in [-0.25, -0.2) is 4.39 Å². The van der Waals surface area contributed by atoms with Crippen molar-refractivity contribution in [3.63, 3.8) is 0 Å². The molecule has 2 unspecified atom stereocenters. The molecule has 2 aliphatic heterocycles. The smallest absolute Gasteiger partial charge is 0.165 e. The van der Waals surface area contributed by atoms with E-state index >= 15 is 0 Å². The van der Waals surface area contributed by atoms with Crippen LogP contribution in [0.5, 0.6) is 5.75 Å². The Morgan fingerprint density at radius 1 is 1.37 bits per heavy atom. The fourth-order valence-electron chi connectivity index (χ4n) is 2.83. The highest BCUT2D eigenvalue weighted by Gasteiger charge is 2.41. The molecule has 1 aromatic carbocycles. The quantitative estimate of drug-likeness (QED) is 0.824. The molecule has 2 atom stereocenters. The van der Waals surface area contributed by atoms with Crippen LogP contribution in [0.15, 0.2) is 18.2 Å². The third kappa shape index (κ3) is 2.74. The van der Waals surface area contributed by atoms with E-state index in [0.29, 0.717) is 19.0 Å². The Hall–Kier alpha value is -1.13. The molecule has 2 heterocycles. The maximum absolute atomic E-state index is 13.7. The first-order valence-corrected chi connectivity index (χ1v) is 6.81. The summed E-state index contributed by atoms with van der Waals surface area (Å²) in [4.78, 5) is 0. The Labute approximate surface area is 112 Å². The molecule has 3 nitrogen and oxygen atoms in total. The molecule has 0 N–H and O–H groups in total. The van der Waals surface area contributed by atoms with E-state index in [1.54, 1.807) is 12.1 Å². The van der Waals surface area contributed by atoms with Crippen molar-refractivity contribution in [2.24, 2.45) is 0 Å². The monoisotopic (exact) mass is 266 g/mol. The Kier molecular flexibility index (Phi) is 3.46. The van der Waals surface area contributed by atoms with Gasteiger partial charge in [0.2, 0.25) is 0 Å². The zero-order valence-electron chi connectivity index (χ0n) is 11.2. The first kappa shape index (κ1) is 12.9. The Balaban J connectivity index is 1.70. The fraction of sp³-hybridized carbons (Fsp3) is 0.600. The molecule has 2 fully saturated rings. The van der Waals surface area contributed by atoms with Crippen molar-refractivity contribution in [3.05, 3.63) is 29.6 Å². The van der Waals surface area contributed by atoms with Gasteiger partial charge in [-0.15, -0.1) is 0 Å². The number of halogens is 1. The first-order valence-electron chi connectivity index (χ1n) is 6.81. The van der Waals surface area contributed by atoms with Crippen LogP contribution in [0.1, 0.15) is 24.8 Å². The van der Waals surface area contributed by atoms with Gasteiger partial charge in [0.1, 0.15) is 6.10 Å². The van der Waals surface area contributed by atoms with E-state index in [-0.39, 0.29) is 17.5 Å². The fourth-order valence-corrected chi connectivity index (χ4v) is 2.83. The third-order valence-electron chi connectivity index (χ3n) is 3.90. The molecule has 19 heavy (non-hydrogen) atoms. The minimum atomic E-state index is -0.297. The van der Waals surface area contributed by atoms with Gasteiger partial charge >= 0.3 is 0 Å². The van der Waals surface area contributed by atoms with Crippen LogP contribution in [-0.2, 0) is 9.47 Å². The normalized spacial score (nSPS) is 30.7. The zero-order valence-corrected chi connectivity index (χ0v) is 11.2. The van der Waals surface area contributed by atoms with Crippen molar-refractivity contribution >= 4 is 0 Å². The van der Waals surface area contributed by atoms with Gasteiger partial charge in [0.25, 0.3) is 0 Å². The summed E-state index contributed by atoms with van der Waals surface area (Å²) in [6.45, 7) is 3.96. The molecule has 0 saturated carbocycles. The highest BCUT2D eigenvalue weighted by molar-refractivity contribution is 5.29. The third-order valence-corrected chi connectivity index (χ3v) is 3.90. The van der Waals surface area contributed by atoms with Crippen LogP contribution in [-0.4, -0.2) is 31.5 Å². The summed E-state index contributed by atoms with van der Waals surface area (Å²) in [6.07, 6.45) is 2.49. The van der Waals surface area contributed by atoms with Gasteiger partial charge in [-0.3, -0.25) is 0 Å². The number of aryl methyl sites for hydroxylation is 1. The van der Waals surface area contributed by atoms with Crippen LogP contribution in [0.25, 0.3) is 0 Å². The summed E-state index contributed by atoms with van der Waals surface area (Å²) >= 11 is 0. The number of rotatable bonds is 2. The van der Waals surface area contributed by atoms with Gasteiger partial charge in [0.15, 0.2) is 11.6 Å². The SMILES string of the molecule is Cc1ccc(F)c(OC2CCOC3(CCOC3)C2)c1. The molecule has 4 heteroatoms. The highest BCUT2D eigenvalue weighted by Crippen LogP contribution is 2.35. The molecule has 1 aromatic rings. The standard InChI is InChI=1S/C15H19FO3/c1-11-2-3-13(16)14(8-11)19-12-4-6-18-15(9-12)5-7-17-10-15/h2-3,8,12H,4-7,9-10H2,1H3. The molecule has 0 radical (unpaired) electrons. The van der Waals surface area contributed by atoms with Crippen molar-refractivity contribution in [1.29, 1.82) is 0 Å². The maximum atomic E-state index is 13.7. The van der Waals surface area contributed by atoms with Gasteiger partial charge in [-0.2, -0.15) is 0 Å². The molecule has 0 bridgehead atoms. The minimum absolute atomic E-state index is 0.00625. The van der Waals surface area contributed by atoms with E-state index in [0.717, 1.165) is 31.4 Å². The van der Waals surface area contributed by atoms with Crippen LogP contribution < -0.4 is 4.74 Å². The summed E-state index contributed by atoms with van der Waals surface area (Å²) in [5.74, 6) is 0.0507. The van der Waals surface area contributed by atoms with Gasteiger partial charge < -0.3 is 14.2 Å². The summed E-state index contributed by atoms with van der Waals surface area (Å²) in [5, 5.41) is 0. The molecular formula is C15H19FO3. The van der Waals surface area contributed by atoms with Crippen LogP contribution in [0.4, 0.5) is 4.39 Å². The topological polar surface area (TPSA) is 27.7 Å². The lowest BCUT2D eigenvalue weighted by atomic mass is 9.91. The molecule has 3 rings (SSSR count). The van der Waals surface area contributed by atoms with Crippen LogP contribution >= 0.6 is 0 Å². The molecule has 0 aromatic heterocycles.